The van der Waals surface area contributed by atoms with Gasteiger partial charge in [0.1, 0.15) is 17.7 Å². The van der Waals surface area contributed by atoms with Crippen molar-refractivity contribution >= 4 is 0 Å². The van der Waals surface area contributed by atoms with E-state index < -0.39 is 23.3 Å². The average Bonchev–Trinajstić information content (AvgIpc) is 2.64. The molecule has 1 aliphatic carbocycles. The lowest BCUT2D eigenvalue weighted by molar-refractivity contribution is -0.131. The molecule has 0 amide bonds. The maximum Gasteiger partial charge on any atom is 0.126 e. The van der Waals surface area contributed by atoms with Crippen molar-refractivity contribution in [2.24, 2.45) is 0 Å². The zero-order valence-electron chi connectivity index (χ0n) is 11.9. The van der Waals surface area contributed by atoms with Gasteiger partial charge >= 0.3 is 0 Å². The van der Waals surface area contributed by atoms with Gasteiger partial charge in [-0.15, -0.1) is 0 Å². The summed E-state index contributed by atoms with van der Waals surface area (Å²) in [6, 6.07) is 3.20. The summed E-state index contributed by atoms with van der Waals surface area (Å²) in [5, 5.41) is 10.6. The summed E-state index contributed by atoms with van der Waals surface area (Å²) in [6.07, 6.45) is 4.60. The van der Waals surface area contributed by atoms with E-state index in [2.05, 4.69) is 0 Å². The Morgan fingerprint density at radius 3 is 2.15 bits per heavy atom. The summed E-state index contributed by atoms with van der Waals surface area (Å²) >= 11 is 0. The third-order valence-corrected chi connectivity index (χ3v) is 4.08. The highest BCUT2D eigenvalue weighted by molar-refractivity contribution is 5.23. The van der Waals surface area contributed by atoms with Crippen LogP contribution in [0.3, 0.4) is 0 Å². The van der Waals surface area contributed by atoms with Crippen molar-refractivity contribution in [3.8, 4) is 0 Å². The topological polar surface area (TPSA) is 29.5 Å². The highest BCUT2D eigenvalue weighted by atomic mass is 19.1. The Morgan fingerprint density at radius 2 is 1.65 bits per heavy atom. The molecule has 1 aliphatic rings. The monoisotopic (exact) mass is 284 g/mol. The lowest BCUT2D eigenvalue weighted by Crippen LogP contribution is -2.39. The maximum atomic E-state index is 13.4. The van der Waals surface area contributed by atoms with E-state index in [1.165, 1.54) is 12.1 Å². The summed E-state index contributed by atoms with van der Waals surface area (Å²) in [6.45, 7) is 2.36. The van der Waals surface area contributed by atoms with Gasteiger partial charge in [-0.3, -0.25) is 0 Å². The summed E-state index contributed by atoms with van der Waals surface area (Å²) in [7, 11) is 0. The standard InChI is InChI=1S/C16H22F2O2/c1-2-20-16(7-5-3-4-6-8-16)15(19)12-9-13(17)11-14(18)10-12/h9-11,15,19H,2-8H2,1H3. The van der Waals surface area contributed by atoms with Crippen molar-refractivity contribution in [3.05, 3.63) is 35.4 Å². The Morgan fingerprint density at radius 1 is 1.10 bits per heavy atom. The summed E-state index contributed by atoms with van der Waals surface area (Å²) in [5.41, 5.74) is -0.455. The fourth-order valence-electron chi connectivity index (χ4n) is 3.15. The average molecular weight is 284 g/mol. The van der Waals surface area contributed by atoms with Gasteiger partial charge in [-0.25, -0.2) is 8.78 Å². The lowest BCUT2D eigenvalue weighted by Gasteiger charge is -2.37. The first-order valence-electron chi connectivity index (χ1n) is 7.35. The molecule has 2 nitrogen and oxygen atoms in total. The van der Waals surface area contributed by atoms with Crippen molar-refractivity contribution < 1.29 is 18.6 Å². The third-order valence-electron chi connectivity index (χ3n) is 4.08. The molecular formula is C16H22F2O2. The van der Waals surface area contributed by atoms with Gasteiger partial charge in [0.15, 0.2) is 0 Å². The number of hydrogen-bond donors (Lipinski definition) is 1. The van der Waals surface area contributed by atoms with Crippen LogP contribution in [0.2, 0.25) is 0 Å². The Labute approximate surface area is 118 Å². The van der Waals surface area contributed by atoms with Crippen LogP contribution in [-0.2, 0) is 4.74 Å². The Balaban J connectivity index is 2.31. The highest BCUT2D eigenvalue weighted by Gasteiger charge is 2.40. The molecular weight excluding hydrogens is 262 g/mol. The van der Waals surface area contributed by atoms with Crippen LogP contribution in [0.15, 0.2) is 18.2 Å². The largest absolute Gasteiger partial charge is 0.385 e. The minimum atomic E-state index is -0.995. The van der Waals surface area contributed by atoms with Crippen LogP contribution in [0, 0.1) is 11.6 Å². The van der Waals surface area contributed by atoms with E-state index in [0.29, 0.717) is 6.61 Å². The van der Waals surface area contributed by atoms with Crippen molar-refractivity contribution in [2.75, 3.05) is 6.61 Å². The van der Waals surface area contributed by atoms with Crippen molar-refractivity contribution in [1.82, 2.24) is 0 Å². The molecule has 0 aromatic heterocycles. The molecule has 20 heavy (non-hydrogen) atoms. The molecule has 4 heteroatoms. The molecule has 0 radical (unpaired) electrons. The number of benzene rings is 1. The van der Waals surface area contributed by atoms with E-state index in [-0.39, 0.29) is 5.56 Å². The fourth-order valence-corrected chi connectivity index (χ4v) is 3.15. The van der Waals surface area contributed by atoms with Crippen LogP contribution in [0.25, 0.3) is 0 Å². The number of aliphatic hydroxyl groups is 1. The van der Waals surface area contributed by atoms with Gasteiger partial charge in [-0.2, -0.15) is 0 Å². The van der Waals surface area contributed by atoms with Gasteiger partial charge in [0, 0.05) is 12.7 Å². The van der Waals surface area contributed by atoms with Gasteiger partial charge in [0.25, 0.3) is 0 Å². The van der Waals surface area contributed by atoms with Crippen molar-refractivity contribution in [3.63, 3.8) is 0 Å². The van der Waals surface area contributed by atoms with E-state index in [4.69, 9.17) is 4.74 Å². The molecule has 1 unspecified atom stereocenters. The third kappa shape index (κ3) is 3.36. The van der Waals surface area contributed by atoms with E-state index in [9.17, 15) is 13.9 Å². The molecule has 0 spiro atoms. The van der Waals surface area contributed by atoms with Gasteiger partial charge in [-0.1, -0.05) is 25.7 Å². The minimum Gasteiger partial charge on any atom is -0.385 e. The number of aliphatic hydroxyl groups excluding tert-OH is 1. The second kappa shape index (κ2) is 6.64. The van der Waals surface area contributed by atoms with Crippen LogP contribution in [0.1, 0.15) is 57.1 Å². The SMILES string of the molecule is CCOC1(C(O)c2cc(F)cc(F)c2)CCCCCC1. The van der Waals surface area contributed by atoms with Crippen molar-refractivity contribution in [2.45, 2.75) is 57.2 Å². The molecule has 1 aromatic rings. The summed E-state index contributed by atoms with van der Waals surface area (Å²) in [5.74, 6) is -1.33. The van der Waals surface area contributed by atoms with E-state index in [0.717, 1.165) is 44.6 Å². The number of ether oxygens (including phenoxy) is 1. The first kappa shape index (κ1) is 15.4. The molecule has 0 saturated heterocycles. The molecule has 1 aromatic carbocycles. The van der Waals surface area contributed by atoms with E-state index >= 15 is 0 Å². The predicted molar refractivity (Wildman–Crippen MR) is 73.4 cm³/mol. The molecule has 0 heterocycles. The van der Waals surface area contributed by atoms with Gasteiger partial charge in [-0.05, 0) is 37.5 Å². The molecule has 1 N–H and O–H groups in total. The minimum absolute atomic E-state index is 0.262. The van der Waals surface area contributed by atoms with Crippen LogP contribution >= 0.6 is 0 Å². The number of halogens is 2. The lowest BCUT2D eigenvalue weighted by atomic mass is 9.84. The van der Waals surface area contributed by atoms with Crippen LogP contribution in [0.4, 0.5) is 8.78 Å². The molecule has 0 bridgehead atoms. The molecule has 1 saturated carbocycles. The van der Waals surface area contributed by atoms with E-state index in [1.54, 1.807) is 0 Å². The summed E-state index contributed by atoms with van der Waals surface area (Å²) < 4.78 is 32.6. The van der Waals surface area contributed by atoms with Gasteiger partial charge in [0.2, 0.25) is 0 Å². The van der Waals surface area contributed by atoms with Crippen LogP contribution in [0.5, 0.6) is 0 Å². The Bertz CT molecular complexity index is 420. The van der Waals surface area contributed by atoms with Crippen LogP contribution < -0.4 is 0 Å². The Hall–Kier alpha value is -1.00. The van der Waals surface area contributed by atoms with Crippen LogP contribution in [-0.4, -0.2) is 17.3 Å². The second-order valence-electron chi connectivity index (χ2n) is 5.52. The predicted octanol–water partition coefficient (Wildman–Crippen LogP) is 4.13. The fraction of sp³-hybridized carbons (Fsp3) is 0.625. The number of rotatable bonds is 4. The Kier molecular flexibility index (Phi) is 5.11. The first-order chi connectivity index (χ1) is 9.57. The smallest absolute Gasteiger partial charge is 0.126 e. The highest BCUT2D eigenvalue weighted by Crippen LogP contribution is 2.40. The molecule has 1 fully saturated rings. The summed E-state index contributed by atoms with van der Waals surface area (Å²) in [4.78, 5) is 0. The normalized spacial score (nSPS) is 20.4. The molecule has 112 valence electrons. The quantitative estimate of drug-likeness (QED) is 0.842. The second-order valence-corrected chi connectivity index (χ2v) is 5.52. The molecule has 0 aliphatic heterocycles. The molecule has 1 atom stereocenters. The zero-order valence-corrected chi connectivity index (χ0v) is 11.9. The number of hydrogen-bond acceptors (Lipinski definition) is 2. The zero-order chi connectivity index (χ0) is 14.6. The van der Waals surface area contributed by atoms with Gasteiger partial charge < -0.3 is 9.84 Å². The van der Waals surface area contributed by atoms with E-state index in [1.807, 2.05) is 6.92 Å². The van der Waals surface area contributed by atoms with Gasteiger partial charge in [0.05, 0.1) is 5.60 Å². The maximum absolute atomic E-state index is 13.4. The van der Waals surface area contributed by atoms with Crippen molar-refractivity contribution in [1.29, 1.82) is 0 Å². The first-order valence-corrected chi connectivity index (χ1v) is 7.35. The molecule has 2 rings (SSSR count).